The van der Waals surface area contributed by atoms with E-state index < -0.39 is 0 Å². The summed E-state index contributed by atoms with van der Waals surface area (Å²) in [6, 6.07) is 6.37. The third kappa shape index (κ3) is 3.53. The highest BCUT2D eigenvalue weighted by Gasteiger charge is 1.96. The Balaban J connectivity index is 2.50. The van der Waals surface area contributed by atoms with E-state index in [4.69, 9.17) is 0 Å². The molecule has 1 nitrogen and oxygen atoms in total. The first-order valence-corrected chi connectivity index (χ1v) is 5.38. The lowest BCUT2D eigenvalue weighted by Crippen LogP contribution is -2.13. The van der Waals surface area contributed by atoms with Crippen molar-refractivity contribution >= 4 is 15.9 Å². The fourth-order valence-corrected chi connectivity index (χ4v) is 1.42. The Kier molecular flexibility index (Phi) is 4.72. The molecular weight excluding hydrogens is 238 g/mol. The summed E-state index contributed by atoms with van der Waals surface area (Å²) in [6.07, 6.45) is 0. The molecule has 74 valence electrons. The van der Waals surface area contributed by atoms with Crippen LogP contribution >= 0.6 is 15.9 Å². The number of benzene rings is 1. The molecule has 0 saturated heterocycles. The van der Waals surface area contributed by atoms with Crippen molar-refractivity contribution < 1.29 is 0 Å². The van der Waals surface area contributed by atoms with Crippen LogP contribution in [0.1, 0.15) is 18.1 Å². The van der Waals surface area contributed by atoms with Gasteiger partial charge in [-0.15, -0.1) is 5.92 Å². The van der Waals surface area contributed by atoms with E-state index in [1.165, 1.54) is 11.1 Å². The average molecular weight is 252 g/mol. The lowest BCUT2D eigenvalue weighted by Gasteiger charge is -2.04. The number of halogens is 1. The molecule has 0 fully saturated rings. The number of hydrogen-bond acceptors (Lipinski definition) is 1. The molecule has 0 aromatic heterocycles. The summed E-state index contributed by atoms with van der Waals surface area (Å²) in [4.78, 5) is 0. The molecule has 1 aromatic rings. The van der Waals surface area contributed by atoms with Gasteiger partial charge in [-0.3, -0.25) is 0 Å². The molecule has 0 spiro atoms. The van der Waals surface area contributed by atoms with Crippen molar-refractivity contribution in [2.75, 3.05) is 6.54 Å². The second-order valence-corrected chi connectivity index (χ2v) is 3.97. The van der Waals surface area contributed by atoms with Gasteiger partial charge in [0.2, 0.25) is 0 Å². The van der Waals surface area contributed by atoms with Gasteiger partial charge in [0.25, 0.3) is 0 Å². The first kappa shape index (κ1) is 11.3. The van der Waals surface area contributed by atoms with Gasteiger partial charge in [0.15, 0.2) is 0 Å². The third-order valence-corrected chi connectivity index (χ3v) is 2.83. The van der Waals surface area contributed by atoms with Crippen molar-refractivity contribution in [2.24, 2.45) is 0 Å². The second-order valence-electron chi connectivity index (χ2n) is 3.11. The van der Waals surface area contributed by atoms with E-state index >= 15 is 0 Å². The van der Waals surface area contributed by atoms with Crippen LogP contribution in [0.25, 0.3) is 0 Å². The summed E-state index contributed by atoms with van der Waals surface area (Å²) >= 11 is 3.48. The first-order chi connectivity index (χ1) is 6.74. The predicted molar refractivity (Wildman–Crippen MR) is 64.0 cm³/mol. The monoisotopic (exact) mass is 251 g/mol. The van der Waals surface area contributed by atoms with Gasteiger partial charge in [-0.1, -0.05) is 34.0 Å². The van der Waals surface area contributed by atoms with Crippen LogP contribution in [-0.4, -0.2) is 6.54 Å². The van der Waals surface area contributed by atoms with Gasteiger partial charge in [0, 0.05) is 11.0 Å². The molecule has 0 bridgehead atoms. The van der Waals surface area contributed by atoms with Crippen LogP contribution in [0.15, 0.2) is 22.7 Å². The zero-order valence-electron chi connectivity index (χ0n) is 8.52. The topological polar surface area (TPSA) is 12.0 Å². The number of hydrogen-bond donors (Lipinski definition) is 1. The van der Waals surface area contributed by atoms with Crippen LogP contribution in [0.5, 0.6) is 0 Å². The maximum Gasteiger partial charge on any atom is 0.0578 e. The number of nitrogens with one attached hydrogen (secondary N) is 1. The van der Waals surface area contributed by atoms with E-state index in [2.05, 4.69) is 58.2 Å². The molecule has 0 atom stereocenters. The van der Waals surface area contributed by atoms with E-state index in [9.17, 15) is 0 Å². The third-order valence-electron chi connectivity index (χ3n) is 1.94. The Hall–Kier alpha value is -0.780. The van der Waals surface area contributed by atoms with Crippen molar-refractivity contribution in [3.05, 3.63) is 33.8 Å². The van der Waals surface area contributed by atoms with Crippen molar-refractivity contribution in [1.29, 1.82) is 0 Å². The summed E-state index contributed by atoms with van der Waals surface area (Å²) in [6.45, 7) is 5.58. The van der Waals surface area contributed by atoms with E-state index in [0.717, 1.165) is 17.6 Å². The molecular formula is C12H14BrN. The standard InChI is InChI=1S/C12H14BrN/c1-3-4-7-14-9-11-5-6-12(13)10(2)8-11/h5-6,8,14H,7,9H2,1-2H3. The van der Waals surface area contributed by atoms with Gasteiger partial charge >= 0.3 is 0 Å². The van der Waals surface area contributed by atoms with Gasteiger partial charge in [0.1, 0.15) is 0 Å². The smallest absolute Gasteiger partial charge is 0.0578 e. The Morgan fingerprint density at radius 3 is 2.86 bits per heavy atom. The van der Waals surface area contributed by atoms with E-state index in [1.54, 1.807) is 0 Å². The zero-order valence-corrected chi connectivity index (χ0v) is 10.1. The SMILES string of the molecule is CC#CCNCc1ccc(Br)c(C)c1. The van der Waals surface area contributed by atoms with Crippen molar-refractivity contribution in [1.82, 2.24) is 5.32 Å². The largest absolute Gasteiger partial charge is 0.302 e. The molecule has 0 unspecified atom stereocenters. The minimum Gasteiger partial charge on any atom is -0.302 e. The zero-order chi connectivity index (χ0) is 10.4. The summed E-state index contributed by atoms with van der Waals surface area (Å²) in [5.74, 6) is 5.83. The number of aryl methyl sites for hydroxylation is 1. The fraction of sp³-hybridized carbons (Fsp3) is 0.333. The van der Waals surface area contributed by atoms with E-state index in [-0.39, 0.29) is 0 Å². The lowest BCUT2D eigenvalue weighted by atomic mass is 10.1. The minimum atomic E-state index is 0.756. The molecule has 0 saturated carbocycles. The van der Waals surface area contributed by atoms with Crippen molar-refractivity contribution in [2.45, 2.75) is 20.4 Å². The van der Waals surface area contributed by atoms with Crippen LogP contribution in [-0.2, 0) is 6.54 Å². The van der Waals surface area contributed by atoms with Crippen molar-refractivity contribution in [3.63, 3.8) is 0 Å². The predicted octanol–water partition coefficient (Wildman–Crippen LogP) is 2.87. The Morgan fingerprint density at radius 2 is 2.21 bits per heavy atom. The van der Waals surface area contributed by atoms with Gasteiger partial charge < -0.3 is 5.32 Å². The van der Waals surface area contributed by atoms with Gasteiger partial charge in [-0.05, 0) is 31.0 Å². The highest BCUT2D eigenvalue weighted by Crippen LogP contribution is 2.16. The van der Waals surface area contributed by atoms with Crippen LogP contribution in [0.3, 0.4) is 0 Å². The van der Waals surface area contributed by atoms with Gasteiger partial charge in [0.05, 0.1) is 6.54 Å². The Morgan fingerprint density at radius 1 is 1.43 bits per heavy atom. The summed E-state index contributed by atoms with van der Waals surface area (Å²) < 4.78 is 1.16. The normalized spacial score (nSPS) is 9.36. The summed E-state index contributed by atoms with van der Waals surface area (Å²) in [7, 11) is 0. The molecule has 1 N–H and O–H groups in total. The molecule has 0 heterocycles. The molecule has 0 aliphatic carbocycles. The summed E-state index contributed by atoms with van der Waals surface area (Å²) in [5, 5.41) is 3.26. The molecule has 1 aromatic carbocycles. The molecule has 0 amide bonds. The lowest BCUT2D eigenvalue weighted by molar-refractivity contribution is 0.769. The molecule has 0 aliphatic heterocycles. The van der Waals surface area contributed by atoms with Gasteiger partial charge in [-0.25, -0.2) is 0 Å². The Labute approximate surface area is 94.0 Å². The average Bonchev–Trinajstić information content (AvgIpc) is 2.18. The van der Waals surface area contributed by atoms with Crippen LogP contribution < -0.4 is 5.32 Å². The quantitative estimate of drug-likeness (QED) is 0.644. The highest BCUT2D eigenvalue weighted by molar-refractivity contribution is 9.10. The van der Waals surface area contributed by atoms with Crippen LogP contribution in [0.4, 0.5) is 0 Å². The maximum absolute atomic E-state index is 3.48. The fourth-order valence-electron chi connectivity index (χ4n) is 1.17. The highest BCUT2D eigenvalue weighted by atomic mass is 79.9. The van der Waals surface area contributed by atoms with E-state index in [0.29, 0.717) is 0 Å². The van der Waals surface area contributed by atoms with Crippen molar-refractivity contribution in [3.8, 4) is 11.8 Å². The maximum atomic E-state index is 3.48. The minimum absolute atomic E-state index is 0.756. The summed E-state index contributed by atoms with van der Waals surface area (Å²) in [5.41, 5.74) is 2.56. The van der Waals surface area contributed by atoms with Crippen LogP contribution in [0.2, 0.25) is 0 Å². The Bertz CT molecular complexity index is 360. The molecule has 2 heteroatoms. The molecule has 1 rings (SSSR count). The van der Waals surface area contributed by atoms with E-state index in [1.807, 2.05) is 6.92 Å². The van der Waals surface area contributed by atoms with Gasteiger partial charge in [-0.2, -0.15) is 0 Å². The molecule has 0 aliphatic rings. The second kappa shape index (κ2) is 5.85. The molecule has 0 radical (unpaired) electrons. The van der Waals surface area contributed by atoms with Crippen LogP contribution in [0, 0.1) is 18.8 Å². The first-order valence-electron chi connectivity index (χ1n) is 4.59. The number of rotatable bonds is 3. The molecule has 14 heavy (non-hydrogen) atoms.